The summed E-state index contributed by atoms with van der Waals surface area (Å²) in [4.78, 5) is 12.2. The van der Waals surface area contributed by atoms with Crippen molar-refractivity contribution in [2.75, 3.05) is 5.32 Å². The molecule has 1 N–H and O–H groups in total. The van der Waals surface area contributed by atoms with E-state index in [0.717, 1.165) is 21.3 Å². The highest BCUT2D eigenvalue weighted by atomic mass is 79.9. The smallest absolute Gasteiger partial charge is 0.255 e. The number of nitrogens with one attached hydrogen (secondary N) is 1. The Labute approximate surface area is 122 Å². The van der Waals surface area contributed by atoms with Crippen molar-refractivity contribution in [2.24, 2.45) is 0 Å². The van der Waals surface area contributed by atoms with E-state index in [2.05, 4.69) is 27.3 Å². The molecule has 0 aliphatic heterocycles. The minimum absolute atomic E-state index is 0.0867. The summed E-state index contributed by atoms with van der Waals surface area (Å²) in [5.74, 6) is -0.0867. The van der Waals surface area contributed by atoms with Gasteiger partial charge in [-0.15, -0.1) is 0 Å². The number of carbonyl (C=O) groups is 1. The normalized spacial score (nSPS) is 10.3. The number of aryl methyl sites for hydroxylation is 3. The van der Waals surface area contributed by atoms with Gasteiger partial charge in [-0.3, -0.25) is 4.79 Å². The fraction of sp³-hybridized carbons (Fsp3) is 0.188. The monoisotopic (exact) mass is 317 g/mol. The molecule has 0 atom stereocenters. The van der Waals surface area contributed by atoms with Crippen LogP contribution in [0.25, 0.3) is 0 Å². The molecule has 3 heteroatoms. The highest BCUT2D eigenvalue weighted by molar-refractivity contribution is 9.10. The lowest BCUT2D eigenvalue weighted by atomic mass is 10.1. The van der Waals surface area contributed by atoms with E-state index in [9.17, 15) is 4.79 Å². The van der Waals surface area contributed by atoms with E-state index in [-0.39, 0.29) is 5.91 Å². The molecule has 0 saturated carbocycles. The quantitative estimate of drug-likeness (QED) is 0.859. The van der Waals surface area contributed by atoms with E-state index >= 15 is 0 Å². The number of rotatable bonds is 2. The van der Waals surface area contributed by atoms with Gasteiger partial charge in [0, 0.05) is 15.7 Å². The predicted octanol–water partition coefficient (Wildman–Crippen LogP) is 4.63. The molecule has 98 valence electrons. The summed E-state index contributed by atoms with van der Waals surface area (Å²) in [6, 6.07) is 11.7. The van der Waals surface area contributed by atoms with Gasteiger partial charge in [0.2, 0.25) is 0 Å². The summed E-state index contributed by atoms with van der Waals surface area (Å²) in [6.07, 6.45) is 0. The van der Waals surface area contributed by atoms with Gasteiger partial charge < -0.3 is 5.32 Å². The van der Waals surface area contributed by atoms with Crippen LogP contribution in [0.4, 0.5) is 5.69 Å². The van der Waals surface area contributed by atoms with Crippen LogP contribution in [0.15, 0.2) is 40.9 Å². The van der Waals surface area contributed by atoms with E-state index in [1.807, 2.05) is 51.1 Å². The average molecular weight is 318 g/mol. The van der Waals surface area contributed by atoms with Crippen LogP contribution in [0.1, 0.15) is 27.0 Å². The van der Waals surface area contributed by atoms with Crippen molar-refractivity contribution < 1.29 is 4.79 Å². The Hall–Kier alpha value is -1.61. The van der Waals surface area contributed by atoms with Crippen molar-refractivity contribution >= 4 is 27.5 Å². The molecule has 2 rings (SSSR count). The van der Waals surface area contributed by atoms with E-state index in [1.54, 1.807) is 0 Å². The first-order valence-corrected chi connectivity index (χ1v) is 6.91. The molecular formula is C16H16BrNO. The number of carbonyl (C=O) groups excluding carboxylic acids is 1. The largest absolute Gasteiger partial charge is 0.322 e. The first-order chi connectivity index (χ1) is 8.95. The molecule has 0 unspecified atom stereocenters. The number of halogens is 1. The van der Waals surface area contributed by atoms with E-state index in [4.69, 9.17) is 0 Å². The fourth-order valence-corrected chi connectivity index (χ4v) is 2.62. The molecule has 0 aromatic heterocycles. The zero-order valence-electron chi connectivity index (χ0n) is 11.3. The molecule has 0 aliphatic rings. The zero-order valence-corrected chi connectivity index (χ0v) is 12.8. The summed E-state index contributed by atoms with van der Waals surface area (Å²) in [5.41, 5.74) is 4.83. The highest BCUT2D eigenvalue weighted by Crippen LogP contribution is 2.19. The number of benzene rings is 2. The van der Waals surface area contributed by atoms with Crippen molar-refractivity contribution in [1.82, 2.24) is 0 Å². The van der Waals surface area contributed by atoms with Crippen molar-refractivity contribution in [3.63, 3.8) is 0 Å². The molecule has 0 fully saturated rings. The predicted molar refractivity (Wildman–Crippen MR) is 82.7 cm³/mol. The van der Waals surface area contributed by atoms with Gasteiger partial charge in [0.25, 0.3) is 5.91 Å². The van der Waals surface area contributed by atoms with Crippen LogP contribution in [0.2, 0.25) is 0 Å². The van der Waals surface area contributed by atoms with Crippen LogP contribution < -0.4 is 5.32 Å². The first kappa shape index (κ1) is 13.8. The number of amides is 1. The molecule has 0 saturated heterocycles. The molecule has 2 aromatic carbocycles. The van der Waals surface area contributed by atoms with Crippen LogP contribution >= 0.6 is 15.9 Å². The van der Waals surface area contributed by atoms with Crippen molar-refractivity contribution in [3.8, 4) is 0 Å². The summed E-state index contributed by atoms with van der Waals surface area (Å²) in [7, 11) is 0. The second-order valence-electron chi connectivity index (χ2n) is 4.79. The average Bonchev–Trinajstić information content (AvgIpc) is 2.31. The molecule has 2 nitrogen and oxygen atoms in total. The second kappa shape index (κ2) is 5.57. The SMILES string of the molecule is Cc1cc(Br)cc(C(=O)Nc2ccc(C)cc2C)c1. The van der Waals surface area contributed by atoms with Gasteiger partial charge >= 0.3 is 0 Å². The third kappa shape index (κ3) is 3.44. The molecule has 0 aliphatic carbocycles. The Kier molecular flexibility index (Phi) is 4.05. The van der Waals surface area contributed by atoms with Crippen molar-refractivity contribution in [3.05, 3.63) is 63.1 Å². The minimum atomic E-state index is -0.0867. The molecule has 1 amide bonds. The Morgan fingerprint density at radius 3 is 2.37 bits per heavy atom. The summed E-state index contributed by atoms with van der Waals surface area (Å²) < 4.78 is 0.915. The topological polar surface area (TPSA) is 29.1 Å². The maximum atomic E-state index is 12.2. The lowest BCUT2D eigenvalue weighted by Crippen LogP contribution is -2.13. The van der Waals surface area contributed by atoms with Gasteiger partial charge in [0.15, 0.2) is 0 Å². The van der Waals surface area contributed by atoms with Gasteiger partial charge in [-0.2, -0.15) is 0 Å². The summed E-state index contributed by atoms with van der Waals surface area (Å²) in [5, 5.41) is 2.95. The lowest BCUT2D eigenvalue weighted by Gasteiger charge is -2.10. The highest BCUT2D eigenvalue weighted by Gasteiger charge is 2.09. The third-order valence-electron chi connectivity index (χ3n) is 2.93. The van der Waals surface area contributed by atoms with E-state index in [1.165, 1.54) is 5.56 Å². The first-order valence-electron chi connectivity index (χ1n) is 6.11. The Morgan fingerprint density at radius 1 is 1.00 bits per heavy atom. The van der Waals surface area contributed by atoms with E-state index in [0.29, 0.717) is 5.56 Å². The van der Waals surface area contributed by atoms with Gasteiger partial charge in [-0.05, 0) is 56.2 Å². The molecule has 0 spiro atoms. The van der Waals surface area contributed by atoms with Crippen LogP contribution in [-0.4, -0.2) is 5.91 Å². The summed E-state index contributed by atoms with van der Waals surface area (Å²) >= 11 is 3.41. The molecule has 19 heavy (non-hydrogen) atoms. The molecule has 2 aromatic rings. The molecule has 0 radical (unpaired) electrons. The van der Waals surface area contributed by atoms with Crippen LogP contribution in [0.3, 0.4) is 0 Å². The standard InChI is InChI=1S/C16H16BrNO/c1-10-4-5-15(12(3)6-10)18-16(19)13-7-11(2)8-14(17)9-13/h4-9H,1-3H3,(H,18,19). The van der Waals surface area contributed by atoms with E-state index < -0.39 is 0 Å². The number of anilines is 1. The zero-order chi connectivity index (χ0) is 14.0. The van der Waals surface area contributed by atoms with Crippen LogP contribution in [0, 0.1) is 20.8 Å². The van der Waals surface area contributed by atoms with Crippen molar-refractivity contribution in [1.29, 1.82) is 0 Å². The Balaban J connectivity index is 2.25. The molecule has 0 bridgehead atoms. The molecular weight excluding hydrogens is 302 g/mol. The second-order valence-corrected chi connectivity index (χ2v) is 5.71. The maximum Gasteiger partial charge on any atom is 0.255 e. The van der Waals surface area contributed by atoms with Gasteiger partial charge in [0.05, 0.1) is 0 Å². The van der Waals surface area contributed by atoms with Crippen molar-refractivity contribution in [2.45, 2.75) is 20.8 Å². The van der Waals surface area contributed by atoms with Crippen LogP contribution in [-0.2, 0) is 0 Å². The minimum Gasteiger partial charge on any atom is -0.322 e. The van der Waals surface area contributed by atoms with Gasteiger partial charge in [-0.25, -0.2) is 0 Å². The number of hydrogen-bond donors (Lipinski definition) is 1. The number of hydrogen-bond acceptors (Lipinski definition) is 1. The Morgan fingerprint density at radius 2 is 1.74 bits per heavy atom. The third-order valence-corrected chi connectivity index (χ3v) is 3.39. The van der Waals surface area contributed by atoms with Gasteiger partial charge in [0.1, 0.15) is 0 Å². The molecule has 0 heterocycles. The fourth-order valence-electron chi connectivity index (χ4n) is 2.02. The Bertz CT molecular complexity index is 614. The summed E-state index contributed by atoms with van der Waals surface area (Å²) in [6.45, 7) is 6.00. The lowest BCUT2D eigenvalue weighted by molar-refractivity contribution is 0.102. The maximum absolute atomic E-state index is 12.2. The van der Waals surface area contributed by atoms with Crippen LogP contribution in [0.5, 0.6) is 0 Å². The van der Waals surface area contributed by atoms with Gasteiger partial charge in [-0.1, -0.05) is 33.6 Å².